The largest absolute Gasteiger partial charge is 0.355 e. The molecular weight excluding hydrogens is 488 g/mol. The number of nitrogens with one attached hydrogen (secondary N) is 2. The van der Waals surface area contributed by atoms with Crippen LogP contribution in [0.2, 0.25) is 0 Å². The highest BCUT2D eigenvalue weighted by Crippen LogP contribution is 2.20. The van der Waals surface area contributed by atoms with Crippen LogP contribution in [0.1, 0.15) is 30.6 Å². The first-order valence-corrected chi connectivity index (χ1v) is 12.0. The average Bonchev–Trinajstić information content (AvgIpc) is 3.17. The molecule has 0 atom stereocenters. The van der Waals surface area contributed by atoms with Crippen LogP contribution in [-0.2, 0) is 4.79 Å². The molecule has 0 aliphatic carbocycles. The Hall–Kier alpha value is -2.17. The Labute approximate surface area is 190 Å². The summed E-state index contributed by atoms with van der Waals surface area (Å²) in [7, 11) is 0. The molecule has 2 N–H and O–H groups in total. The monoisotopic (exact) mass is 508 g/mol. The Bertz CT molecular complexity index is 1130. The Morgan fingerprint density at radius 2 is 2.10 bits per heavy atom. The molecule has 2 aromatic heterocycles. The maximum absolute atomic E-state index is 12.9. The predicted molar refractivity (Wildman–Crippen MR) is 125 cm³/mol. The van der Waals surface area contributed by atoms with E-state index in [0.29, 0.717) is 28.2 Å². The van der Waals surface area contributed by atoms with Gasteiger partial charge in [0.15, 0.2) is 5.16 Å². The number of fused-ring (bicyclic) bond motifs is 1. The van der Waals surface area contributed by atoms with Crippen LogP contribution in [0.15, 0.2) is 50.1 Å². The lowest BCUT2D eigenvalue weighted by molar-refractivity contribution is -0.118. The molecule has 2 amide bonds. The van der Waals surface area contributed by atoms with Gasteiger partial charge in [-0.25, -0.2) is 4.98 Å². The number of thiophene rings is 1. The van der Waals surface area contributed by atoms with Crippen molar-refractivity contribution in [2.75, 3.05) is 17.7 Å². The smallest absolute Gasteiger partial charge is 0.291 e. The molecule has 0 saturated heterocycles. The van der Waals surface area contributed by atoms with Gasteiger partial charge in [-0.3, -0.25) is 19.8 Å². The minimum Gasteiger partial charge on any atom is -0.355 e. The lowest BCUT2D eigenvalue weighted by atomic mass is 10.1. The number of thioether (sulfide) groups is 1. The van der Waals surface area contributed by atoms with Crippen LogP contribution in [0.3, 0.4) is 0 Å². The Balaban J connectivity index is 1.82. The summed E-state index contributed by atoms with van der Waals surface area (Å²) >= 11 is 5.70. The van der Waals surface area contributed by atoms with E-state index in [0.717, 1.165) is 27.3 Å². The molecule has 2 heterocycles. The van der Waals surface area contributed by atoms with Gasteiger partial charge in [-0.2, -0.15) is 4.68 Å². The van der Waals surface area contributed by atoms with Crippen LogP contribution >= 0.6 is 39.0 Å². The van der Waals surface area contributed by atoms with E-state index in [-0.39, 0.29) is 22.4 Å². The third-order valence-corrected chi connectivity index (χ3v) is 6.45. The molecule has 158 valence electrons. The summed E-state index contributed by atoms with van der Waals surface area (Å²) in [5.41, 5.74) is 3.18. The molecule has 0 aliphatic rings. The van der Waals surface area contributed by atoms with Crippen LogP contribution < -0.4 is 16.3 Å². The molecule has 30 heavy (non-hydrogen) atoms. The van der Waals surface area contributed by atoms with Gasteiger partial charge in [-0.1, -0.05) is 47.6 Å². The molecule has 0 radical (unpaired) electrons. The number of hydrogen-bond donors (Lipinski definition) is 2. The number of carbonyl (C=O) groups is 2. The number of halogens is 1. The van der Waals surface area contributed by atoms with E-state index in [9.17, 15) is 14.4 Å². The quantitative estimate of drug-likeness (QED) is 0.356. The number of aromatic nitrogens is 2. The van der Waals surface area contributed by atoms with Crippen molar-refractivity contribution in [3.8, 4) is 0 Å². The van der Waals surface area contributed by atoms with Gasteiger partial charge in [-0.05, 0) is 42.0 Å². The topological polar surface area (TPSA) is 93.1 Å². The van der Waals surface area contributed by atoms with Crippen LogP contribution in [-0.4, -0.2) is 33.8 Å². The second kappa shape index (κ2) is 10.2. The highest BCUT2D eigenvalue weighted by atomic mass is 79.9. The van der Waals surface area contributed by atoms with Gasteiger partial charge < -0.3 is 5.32 Å². The molecule has 0 fully saturated rings. The molecule has 0 unspecified atom stereocenters. The summed E-state index contributed by atoms with van der Waals surface area (Å²) in [6.45, 7) is 4.78. The van der Waals surface area contributed by atoms with Crippen molar-refractivity contribution >= 4 is 61.1 Å². The predicted octanol–water partition coefficient (Wildman–Crippen LogP) is 3.86. The summed E-state index contributed by atoms with van der Waals surface area (Å²) < 4.78 is 2.31. The second-order valence-corrected chi connectivity index (χ2v) is 9.72. The average molecular weight is 509 g/mol. The van der Waals surface area contributed by atoms with Crippen molar-refractivity contribution < 1.29 is 9.59 Å². The van der Waals surface area contributed by atoms with Crippen molar-refractivity contribution in [1.29, 1.82) is 0 Å². The van der Waals surface area contributed by atoms with Gasteiger partial charge in [-0.15, -0.1) is 11.3 Å². The van der Waals surface area contributed by atoms with E-state index in [1.165, 1.54) is 11.3 Å². The van der Waals surface area contributed by atoms with Gasteiger partial charge in [0.2, 0.25) is 5.91 Å². The van der Waals surface area contributed by atoms with Crippen molar-refractivity contribution in [3.63, 3.8) is 0 Å². The highest BCUT2D eigenvalue weighted by molar-refractivity contribution is 9.10. The van der Waals surface area contributed by atoms with E-state index >= 15 is 0 Å². The Kier molecular flexibility index (Phi) is 7.68. The number of hydrogen-bond acceptors (Lipinski definition) is 6. The molecule has 10 heteroatoms. The summed E-state index contributed by atoms with van der Waals surface area (Å²) in [6.07, 6.45) is 0.892. The fraction of sp³-hybridized carbons (Fsp3) is 0.300. The van der Waals surface area contributed by atoms with Crippen LogP contribution in [0, 0.1) is 5.92 Å². The van der Waals surface area contributed by atoms with Crippen LogP contribution in [0.5, 0.6) is 0 Å². The van der Waals surface area contributed by atoms with Crippen LogP contribution in [0.25, 0.3) is 10.2 Å². The Morgan fingerprint density at radius 3 is 2.83 bits per heavy atom. The van der Waals surface area contributed by atoms with Gasteiger partial charge in [0.25, 0.3) is 11.5 Å². The first-order chi connectivity index (χ1) is 14.3. The van der Waals surface area contributed by atoms with Gasteiger partial charge >= 0.3 is 0 Å². The lowest BCUT2D eigenvalue weighted by Gasteiger charge is -2.13. The normalized spacial score (nSPS) is 11.1. The minimum atomic E-state index is -0.445. The molecule has 0 spiro atoms. The molecular formula is C20H21BrN4O3S2. The van der Waals surface area contributed by atoms with Gasteiger partial charge in [0.05, 0.1) is 11.3 Å². The summed E-state index contributed by atoms with van der Waals surface area (Å²) in [5, 5.41) is 4.89. The molecule has 7 nitrogen and oxygen atoms in total. The third kappa shape index (κ3) is 5.71. The summed E-state index contributed by atoms with van der Waals surface area (Å²) in [6, 6.07) is 8.60. The third-order valence-electron chi connectivity index (χ3n) is 4.13. The van der Waals surface area contributed by atoms with E-state index in [4.69, 9.17) is 0 Å². The fourth-order valence-corrected chi connectivity index (χ4v) is 4.51. The van der Waals surface area contributed by atoms with Gasteiger partial charge in [0, 0.05) is 16.6 Å². The van der Waals surface area contributed by atoms with Gasteiger partial charge in [0.1, 0.15) is 4.70 Å². The molecule has 0 bridgehead atoms. The zero-order chi connectivity index (χ0) is 21.7. The number of benzene rings is 1. The summed E-state index contributed by atoms with van der Waals surface area (Å²) in [5.74, 6) is -0.00372. The number of amides is 2. The van der Waals surface area contributed by atoms with Crippen LogP contribution in [0.4, 0.5) is 0 Å². The first-order valence-electron chi connectivity index (χ1n) is 9.32. The molecule has 3 aromatic rings. The standard InChI is InChI=1S/C20H21BrN4O3S2/c1-12(2)6-8-22-16(26)11-30-20-23-15-7-9-29-17(15)19(28)25(20)24-18(27)13-4-3-5-14(21)10-13/h3-5,7,9-10,12H,6,8,11H2,1-2H3,(H,22,26)(H,24,27). The lowest BCUT2D eigenvalue weighted by Crippen LogP contribution is -2.35. The van der Waals surface area contributed by atoms with Crippen molar-refractivity contribution in [3.05, 3.63) is 56.1 Å². The zero-order valence-corrected chi connectivity index (χ0v) is 19.7. The van der Waals surface area contributed by atoms with Crippen molar-refractivity contribution in [2.24, 2.45) is 5.92 Å². The SMILES string of the molecule is CC(C)CCNC(=O)CSc1nc2ccsc2c(=O)n1NC(=O)c1cccc(Br)c1. The molecule has 3 rings (SSSR count). The first kappa shape index (κ1) is 22.5. The maximum atomic E-state index is 12.9. The second-order valence-electron chi connectivity index (χ2n) is 6.94. The molecule has 0 saturated carbocycles. The fourth-order valence-electron chi connectivity index (χ4n) is 2.56. The maximum Gasteiger partial charge on any atom is 0.291 e. The minimum absolute atomic E-state index is 0.0902. The molecule has 1 aromatic carbocycles. The Morgan fingerprint density at radius 1 is 1.30 bits per heavy atom. The van der Waals surface area contributed by atoms with E-state index in [2.05, 4.69) is 45.5 Å². The number of carbonyl (C=O) groups excluding carboxylic acids is 2. The van der Waals surface area contributed by atoms with Crippen molar-refractivity contribution in [1.82, 2.24) is 15.0 Å². The van der Waals surface area contributed by atoms with E-state index in [1.807, 2.05) is 0 Å². The molecule has 0 aliphatic heterocycles. The number of nitrogens with zero attached hydrogens (tertiary/aromatic N) is 2. The highest BCUT2D eigenvalue weighted by Gasteiger charge is 2.17. The zero-order valence-electron chi connectivity index (χ0n) is 16.5. The number of rotatable bonds is 8. The summed E-state index contributed by atoms with van der Waals surface area (Å²) in [4.78, 5) is 42.2. The van der Waals surface area contributed by atoms with Crippen molar-refractivity contribution in [2.45, 2.75) is 25.4 Å². The van der Waals surface area contributed by atoms with E-state index < -0.39 is 5.91 Å². The van der Waals surface area contributed by atoms with E-state index in [1.54, 1.807) is 35.7 Å².